The molecule has 0 saturated carbocycles. The van der Waals surface area contributed by atoms with Gasteiger partial charge in [0.2, 0.25) is 0 Å². The largest absolute Gasteiger partial charge is 0.396 e. The van der Waals surface area contributed by atoms with Crippen LogP contribution in [0.15, 0.2) is 0 Å². The Hall–Kier alpha value is -0.120. The van der Waals surface area contributed by atoms with E-state index in [0.717, 1.165) is 11.8 Å². The molecule has 2 aliphatic heterocycles. The summed E-state index contributed by atoms with van der Waals surface area (Å²) in [4.78, 5) is 4.83. The van der Waals surface area contributed by atoms with Gasteiger partial charge in [0.15, 0.2) is 0 Å². The topological polar surface area (TPSA) is 26.7 Å². The molecule has 0 aromatic heterocycles. The molecule has 0 aliphatic carbocycles. The molecule has 2 heterocycles. The number of aliphatic hydroxyl groups is 1. The predicted octanol–water partition coefficient (Wildman–Crippen LogP) is 1.28. The summed E-state index contributed by atoms with van der Waals surface area (Å²) < 4.78 is 0. The van der Waals surface area contributed by atoms with E-state index in [1.165, 1.54) is 51.9 Å². The van der Waals surface area contributed by atoms with E-state index in [4.69, 9.17) is 0 Å². The molecule has 1 N–H and O–H groups in total. The van der Waals surface area contributed by atoms with Gasteiger partial charge in [-0.05, 0) is 83.7 Å². The molecule has 17 heavy (non-hydrogen) atoms. The van der Waals surface area contributed by atoms with Gasteiger partial charge in [0.25, 0.3) is 0 Å². The fraction of sp³-hybridized carbons (Fsp3) is 1.00. The average molecular weight is 240 g/mol. The number of hydrogen-bond acceptors (Lipinski definition) is 3. The second-order valence-electron chi connectivity index (χ2n) is 6.13. The molecule has 0 amide bonds. The van der Waals surface area contributed by atoms with Crippen LogP contribution in [-0.2, 0) is 0 Å². The fourth-order valence-corrected chi connectivity index (χ4v) is 3.60. The van der Waals surface area contributed by atoms with Crippen molar-refractivity contribution in [2.24, 2.45) is 17.8 Å². The first kappa shape index (κ1) is 13.3. The maximum atomic E-state index is 9.74. The van der Waals surface area contributed by atoms with E-state index in [9.17, 15) is 5.11 Å². The van der Waals surface area contributed by atoms with Gasteiger partial charge in [0, 0.05) is 6.61 Å². The molecule has 0 radical (unpaired) electrons. The van der Waals surface area contributed by atoms with Crippen LogP contribution in [-0.4, -0.2) is 61.8 Å². The second kappa shape index (κ2) is 6.17. The Morgan fingerprint density at radius 1 is 0.882 bits per heavy atom. The Morgan fingerprint density at radius 2 is 1.24 bits per heavy atom. The lowest BCUT2D eigenvalue weighted by Gasteiger charge is -2.40. The molecule has 0 bridgehead atoms. The standard InChI is InChI=1S/C14H28N2O/c1-15-7-3-12(4-8-15)14(11-17)13-5-9-16(2)10-6-13/h12-14,17H,3-11H2,1-2H3. The van der Waals surface area contributed by atoms with Gasteiger partial charge in [-0.1, -0.05) is 0 Å². The van der Waals surface area contributed by atoms with Gasteiger partial charge in [0.05, 0.1) is 0 Å². The highest BCUT2D eigenvalue weighted by atomic mass is 16.3. The minimum absolute atomic E-state index is 0.406. The molecule has 0 spiro atoms. The van der Waals surface area contributed by atoms with Crippen LogP contribution in [0.3, 0.4) is 0 Å². The summed E-state index contributed by atoms with van der Waals surface area (Å²) >= 11 is 0. The predicted molar refractivity (Wildman–Crippen MR) is 71.0 cm³/mol. The molecule has 0 unspecified atom stereocenters. The maximum Gasteiger partial charge on any atom is 0.0464 e. The monoisotopic (exact) mass is 240 g/mol. The first-order chi connectivity index (χ1) is 8.20. The van der Waals surface area contributed by atoms with Crippen LogP contribution in [0.1, 0.15) is 25.7 Å². The Labute approximate surface area is 106 Å². The van der Waals surface area contributed by atoms with Gasteiger partial charge in [-0.3, -0.25) is 0 Å². The number of hydrogen-bond donors (Lipinski definition) is 1. The number of nitrogens with zero attached hydrogens (tertiary/aromatic N) is 2. The first-order valence-corrected chi connectivity index (χ1v) is 7.18. The van der Waals surface area contributed by atoms with Crippen LogP contribution >= 0.6 is 0 Å². The van der Waals surface area contributed by atoms with Crippen molar-refractivity contribution in [2.45, 2.75) is 25.7 Å². The molecule has 0 aromatic carbocycles. The zero-order chi connectivity index (χ0) is 12.3. The molecule has 2 rings (SSSR count). The number of piperidine rings is 2. The average Bonchev–Trinajstić information content (AvgIpc) is 2.35. The molecule has 2 fully saturated rings. The Bertz CT molecular complexity index is 196. The highest BCUT2D eigenvalue weighted by Gasteiger charge is 2.32. The fourth-order valence-electron chi connectivity index (χ4n) is 3.60. The minimum atomic E-state index is 0.406. The Balaban J connectivity index is 1.87. The van der Waals surface area contributed by atoms with Crippen LogP contribution < -0.4 is 0 Å². The van der Waals surface area contributed by atoms with E-state index in [1.807, 2.05) is 0 Å². The van der Waals surface area contributed by atoms with Crippen molar-refractivity contribution in [2.75, 3.05) is 46.9 Å². The van der Waals surface area contributed by atoms with Gasteiger partial charge < -0.3 is 14.9 Å². The van der Waals surface area contributed by atoms with Crippen molar-refractivity contribution >= 4 is 0 Å². The van der Waals surface area contributed by atoms with Crippen molar-refractivity contribution in [3.05, 3.63) is 0 Å². The van der Waals surface area contributed by atoms with Gasteiger partial charge in [-0.25, -0.2) is 0 Å². The first-order valence-electron chi connectivity index (χ1n) is 7.18. The van der Waals surface area contributed by atoms with E-state index < -0.39 is 0 Å². The highest BCUT2D eigenvalue weighted by molar-refractivity contribution is 4.83. The van der Waals surface area contributed by atoms with Gasteiger partial charge in [-0.2, -0.15) is 0 Å². The summed E-state index contributed by atoms with van der Waals surface area (Å²) in [5.41, 5.74) is 0. The minimum Gasteiger partial charge on any atom is -0.396 e. The highest BCUT2D eigenvalue weighted by Crippen LogP contribution is 2.34. The zero-order valence-corrected chi connectivity index (χ0v) is 11.4. The van der Waals surface area contributed by atoms with Crippen LogP contribution in [0.5, 0.6) is 0 Å². The molecular formula is C14H28N2O. The molecule has 3 heteroatoms. The molecule has 0 aromatic rings. The normalized spacial score (nSPS) is 26.8. The van der Waals surface area contributed by atoms with Crippen molar-refractivity contribution in [1.29, 1.82) is 0 Å². The van der Waals surface area contributed by atoms with Crippen molar-refractivity contribution in [1.82, 2.24) is 9.80 Å². The molecule has 100 valence electrons. The van der Waals surface area contributed by atoms with Crippen LogP contribution in [0.25, 0.3) is 0 Å². The summed E-state index contributed by atoms with van der Waals surface area (Å²) in [6.45, 7) is 5.27. The molecular weight excluding hydrogens is 212 g/mol. The Morgan fingerprint density at radius 3 is 1.53 bits per heavy atom. The van der Waals surface area contributed by atoms with E-state index in [0.29, 0.717) is 12.5 Å². The lowest BCUT2D eigenvalue weighted by molar-refractivity contribution is 0.0507. The van der Waals surface area contributed by atoms with E-state index >= 15 is 0 Å². The third-order valence-electron chi connectivity index (χ3n) is 4.95. The summed E-state index contributed by atoms with van der Waals surface area (Å²) in [5, 5.41) is 9.74. The van der Waals surface area contributed by atoms with Crippen LogP contribution in [0, 0.1) is 17.8 Å². The van der Waals surface area contributed by atoms with Crippen LogP contribution in [0.2, 0.25) is 0 Å². The summed E-state index contributed by atoms with van der Waals surface area (Å²) in [6.07, 6.45) is 5.14. The molecule has 2 aliphatic rings. The summed E-state index contributed by atoms with van der Waals surface area (Å²) in [6, 6.07) is 0. The van der Waals surface area contributed by atoms with Gasteiger partial charge >= 0.3 is 0 Å². The van der Waals surface area contributed by atoms with Crippen LogP contribution in [0.4, 0.5) is 0 Å². The zero-order valence-electron chi connectivity index (χ0n) is 11.4. The lowest BCUT2D eigenvalue weighted by atomic mass is 9.73. The smallest absolute Gasteiger partial charge is 0.0464 e. The quantitative estimate of drug-likeness (QED) is 0.805. The molecule has 0 atom stereocenters. The molecule has 3 nitrogen and oxygen atoms in total. The number of likely N-dealkylation sites (tertiary alicyclic amines) is 2. The second-order valence-corrected chi connectivity index (χ2v) is 6.13. The Kier molecular flexibility index (Phi) is 4.83. The third kappa shape index (κ3) is 3.43. The lowest BCUT2D eigenvalue weighted by Crippen LogP contribution is -2.40. The van der Waals surface area contributed by atoms with Gasteiger partial charge in [-0.15, -0.1) is 0 Å². The van der Waals surface area contributed by atoms with Gasteiger partial charge in [0.1, 0.15) is 0 Å². The number of rotatable bonds is 3. The van der Waals surface area contributed by atoms with E-state index in [1.54, 1.807) is 0 Å². The maximum absolute atomic E-state index is 9.74. The van der Waals surface area contributed by atoms with Crippen molar-refractivity contribution < 1.29 is 5.11 Å². The number of aliphatic hydroxyl groups excluding tert-OH is 1. The van der Waals surface area contributed by atoms with Crippen molar-refractivity contribution in [3.8, 4) is 0 Å². The molecule has 2 saturated heterocycles. The van der Waals surface area contributed by atoms with Crippen molar-refractivity contribution in [3.63, 3.8) is 0 Å². The van der Waals surface area contributed by atoms with E-state index in [2.05, 4.69) is 23.9 Å². The van der Waals surface area contributed by atoms with E-state index in [-0.39, 0.29) is 0 Å². The summed E-state index contributed by atoms with van der Waals surface area (Å²) in [7, 11) is 4.42. The summed E-state index contributed by atoms with van der Waals surface area (Å²) in [5.74, 6) is 2.10. The third-order valence-corrected chi connectivity index (χ3v) is 4.95. The SMILES string of the molecule is CN1CCC(C(CO)C2CCN(C)CC2)CC1.